The van der Waals surface area contributed by atoms with Crippen LogP contribution >= 0.6 is 11.6 Å². The minimum Gasteiger partial charge on any atom is -0.497 e. The fourth-order valence-electron chi connectivity index (χ4n) is 4.15. The van der Waals surface area contributed by atoms with Crippen molar-refractivity contribution in [1.29, 1.82) is 0 Å². The van der Waals surface area contributed by atoms with Gasteiger partial charge in [0.2, 0.25) is 0 Å². The zero-order chi connectivity index (χ0) is 21.8. The standard InChI is InChI=1S/C24H26ClN3O3/c1-31-21-11-12-22-16(14-21)13-17(23(29)27-22)15-28(20-5-3-2-4-6-20)24(30)26-19-9-7-18(25)8-10-19/h7-14,20H,2-6,15H2,1H3,(H,26,30)(H,27,29). The number of nitrogens with one attached hydrogen (secondary N) is 2. The van der Waals surface area contributed by atoms with Gasteiger partial charge in [0.15, 0.2) is 0 Å². The summed E-state index contributed by atoms with van der Waals surface area (Å²) in [6, 6.07) is 14.3. The number of ether oxygens (including phenoxy) is 1. The van der Waals surface area contributed by atoms with Crippen LogP contribution in [0.2, 0.25) is 5.02 Å². The summed E-state index contributed by atoms with van der Waals surface area (Å²) in [7, 11) is 1.61. The fourth-order valence-corrected chi connectivity index (χ4v) is 4.27. The summed E-state index contributed by atoms with van der Waals surface area (Å²) in [5.74, 6) is 0.718. The highest BCUT2D eigenvalue weighted by Gasteiger charge is 2.26. The zero-order valence-corrected chi connectivity index (χ0v) is 18.2. The van der Waals surface area contributed by atoms with Gasteiger partial charge in [0.1, 0.15) is 5.75 Å². The van der Waals surface area contributed by atoms with Crippen LogP contribution in [0.4, 0.5) is 10.5 Å². The highest BCUT2D eigenvalue weighted by molar-refractivity contribution is 6.30. The molecule has 2 amide bonds. The van der Waals surface area contributed by atoms with Crippen molar-refractivity contribution >= 4 is 34.2 Å². The molecule has 6 nitrogen and oxygen atoms in total. The molecule has 1 saturated carbocycles. The average Bonchev–Trinajstić information content (AvgIpc) is 2.79. The number of fused-ring (bicyclic) bond motifs is 1. The monoisotopic (exact) mass is 439 g/mol. The lowest BCUT2D eigenvalue weighted by molar-refractivity contribution is 0.162. The van der Waals surface area contributed by atoms with Gasteiger partial charge in [0.25, 0.3) is 5.56 Å². The summed E-state index contributed by atoms with van der Waals surface area (Å²) in [6.45, 7) is 0.243. The SMILES string of the molecule is COc1ccc2[nH]c(=O)c(CN(C(=O)Nc3ccc(Cl)cc3)C3CCCCC3)cc2c1. The van der Waals surface area contributed by atoms with Gasteiger partial charge in [-0.3, -0.25) is 4.79 Å². The first kappa shape index (κ1) is 21.2. The number of amides is 2. The lowest BCUT2D eigenvalue weighted by Crippen LogP contribution is -2.44. The number of aromatic nitrogens is 1. The molecule has 1 heterocycles. The van der Waals surface area contributed by atoms with E-state index in [1.807, 2.05) is 24.3 Å². The number of anilines is 1. The number of aromatic amines is 1. The number of H-pyrrole nitrogens is 1. The Morgan fingerprint density at radius 3 is 2.58 bits per heavy atom. The summed E-state index contributed by atoms with van der Waals surface area (Å²) in [6.07, 6.45) is 5.22. The van der Waals surface area contributed by atoms with E-state index < -0.39 is 0 Å². The molecule has 0 aliphatic heterocycles. The Kier molecular flexibility index (Phi) is 6.47. The van der Waals surface area contributed by atoms with Gasteiger partial charge in [0.05, 0.1) is 13.7 Å². The number of hydrogen-bond acceptors (Lipinski definition) is 3. The second-order valence-electron chi connectivity index (χ2n) is 7.93. The van der Waals surface area contributed by atoms with E-state index in [0.717, 1.165) is 42.3 Å². The summed E-state index contributed by atoms with van der Waals surface area (Å²) in [4.78, 5) is 30.7. The smallest absolute Gasteiger partial charge is 0.322 e. The molecule has 1 fully saturated rings. The van der Waals surface area contributed by atoms with E-state index in [-0.39, 0.29) is 24.2 Å². The van der Waals surface area contributed by atoms with Crippen molar-refractivity contribution in [1.82, 2.24) is 9.88 Å². The molecule has 31 heavy (non-hydrogen) atoms. The van der Waals surface area contributed by atoms with E-state index in [2.05, 4.69) is 10.3 Å². The Hall–Kier alpha value is -2.99. The maximum Gasteiger partial charge on any atom is 0.322 e. The lowest BCUT2D eigenvalue weighted by Gasteiger charge is -2.34. The van der Waals surface area contributed by atoms with Crippen molar-refractivity contribution in [2.75, 3.05) is 12.4 Å². The van der Waals surface area contributed by atoms with Gasteiger partial charge >= 0.3 is 6.03 Å². The minimum absolute atomic E-state index is 0.0986. The third-order valence-corrected chi connectivity index (χ3v) is 6.09. The van der Waals surface area contributed by atoms with Gasteiger partial charge in [-0.25, -0.2) is 4.79 Å². The number of halogens is 1. The van der Waals surface area contributed by atoms with Crippen LogP contribution in [-0.4, -0.2) is 29.1 Å². The summed E-state index contributed by atoms with van der Waals surface area (Å²) in [5, 5.41) is 4.44. The summed E-state index contributed by atoms with van der Waals surface area (Å²) in [5.41, 5.74) is 1.78. The predicted octanol–water partition coefficient (Wildman–Crippen LogP) is 5.56. The van der Waals surface area contributed by atoms with E-state index in [4.69, 9.17) is 16.3 Å². The maximum atomic E-state index is 13.2. The Labute approximate surface area is 186 Å². The van der Waals surface area contributed by atoms with Gasteiger partial charge in [0, 0.05) is 33.2 Å². The molecule has 0 unspecified atom stereocenters. The van der Waals surface area contributed by atoms with E-state index in [1.165, 1.54) is 6.42 Å². The molecule has 7 heteroatoms. The molecular weight excluding hydrogens is 414 g/mol. The van der Waals surface area contributed by atoms with E-state index in [9.17, 15) is 9.59 Å². The van der Waals surface area contributed by atoms with Crippen LogP contribution < -0.4 is 15.6 Å². The number of carbonyl (C=O) groups excluding carboxylic acids is 1. The Balaban J connectivity index is 1.63. The van der Waals surface area contributed by atoms with E-state index in [1.54, 1.807) is 36.3 Å². The topological polar surface area (TPSA) is 74.4 Å². The van der Waals surface area contributed by atoms with E-state index >= 15 is 0 Å². The first-order chi connectivity index (χ1) is 15.0. The molecule has 1 aliphatic rings. The van der Waals surface area contributed by atoms with Gasteiger partial charge in [-0.05, 0) is 61.4 Å². The van der Waals surface area contributed by atoms with Crippen LogP contribution in [0.3, 0.4) is 0 Å². The highest BCUT2D eigenvalue weighted by atomic mass is 35.5. The molecule has 162 valence electrons. The largest absolute Gasteiger partial charge is 0.497 e. The van der Waals surface area contributed by atoms with Crippen LogP contribution in [0, 0.1) is 0 Å². The van der Waals surface area contributed by atoms with Crippen molar-refractivity contribution in [3.05, 3.63) is 69.5 Å². The number of benzene rings is 2. The molecule has 2 aromatic carbocycles. The number of hydrogen-bond donors (Lipinski definition) is 2. The van der Waals surface area contributed by atoms with Crippen molar-refractivity contribution in [3.8, 4) is 5.75 Å². The average molecular weight is 440 g/mol. The molecule has 0 spiro atoms. The number of methoxy groups -OCH3 is 1. The first-order valence-electron chi connectivity index (χ1n) is 10.6. The normalized spacial score (nSPS) is 14.4. The molecule has 3 aromatic rings. The summed E-state index contributed by atoms with van der Waals surface area (Å²) >= 11 is 5.96. The van der Waals surface area contributed by atoms with Gasteiger partial charge in [-0.1, -0.05) is 30.9 Å². The second-order valence-corrected chi connectivity index (χ2v) is 8.37. The van der Waals surface area contributed by atoms with Gasteiger partial charge in [-0.2, -0.15) is 0 Å². The van der Waals surface area contributed by atoms with Crippen molar-refractivity contribution < 1.29 is 9.53 Å². The molecule has 2 N–H and O–H groups in total. The predicted molar refractivity (Wildman–Crippen MR) is 124 cm³/mol. The van der Waals surface area contributed by atoms with Crippen LogP contribution in [-0.2, 0) is 6.54 Å². The van der Waals surface area contributed by atoms with Crippen molar-refractivity contribution in [2.45, 2.75) is 44.7 Å². The number of pyridine rings is 1. The Morgan fingerprint density at radius 1 is 1.13 bits per heavy atom. The third kappa shape index (κ3) is 5.02. The van der Waals surface area contributed by atoms with Crippen LogP contribution in [0.5, 0.6) is 5.75 Å². The van der Waals surface area contributed by atoms with E-state index in [0.29, 0.717) is 16.3 Å². The van der Waals surface area contributed by atoms with Crippen LogP contribution in [0.25, 0.3) is 10.9 Å². The highest BCUT2D eigenvalue weighted by Crippen LogP contribution is 2.26. The molecule has 0 atom stereocenters. The maximum absolute atomic E-state index is 13.2. The molecule has 1 aliphatic carbocycles. The zero-order valence-electron chi connectivity index (χ0n) is 17.5. The van der Waals surface area contributed by atoms with Gasteiger partial charge in [-0.15, -0.1) is 0 Å². The molecular formula is C24H26ClN3O3. The molecule has 0 radical (unpaired) electrons. The van der Waals surface area contributed by atoms with Crippen LogP contribution in [0.1, 0.15) is 37.7 Å². The quantitative estimate of drug-likeness (QED) is 0.546. The van der Waals surface area contributed by atoms with Crippen LogP contribution in [0.15, 0.2) is 53.3 Å². The number of carbonyl (C=O) groups is 1. The Bertz CT molecular complexity index is 1120. The Morgan fingerprint density at radius 2 is 1.87 bits per heavy atom. The number of rotatable bonds is 5. The van der Waals surface area contributed by atoms with Crippen molar-refractivity contribution in [2.24, 2.45) is 0 Å². The molecule has 1 aromatic heterocycles. The minimum atomic E-state index is -0.209. The third-order valence-electron chi connectivity index (χ3n) is 5.84. The summed E-state index contributed by atoms with van der Waals surface area (Å²) < 4.78 is 5.31. The molecule has 0 bridgehead atoms. The first-order valence-corrected chi connectivity index (χ1v) is 10.9. The number of nitrogens with zero attached hydrogens (tertiary/aromatic N) is 1. The number of urea groups is 1. The fraction of sp³-hybridized carbons (Fsp3) is 0.333. The van der Waals surface area contributed by atoms with Gasteiger partial charge < -0.3 is 19.9 Å². The second kappa shape index (κ2) is 9.43. The van der Waals surface area contributed by atoms with Crippen molar-refractivity contribution in [3.63, 3.8) is 0 Å². The molecule has 4 rings (SSSR count). The lowest BCUT2D eigenvalue weighted by atomic mass is 9.94. The molecule has 0 saturated heterocycles.